The van der Waals surface area contributed by atoms with Crippen molar-refractivity contribution in [3.8, 4) is 0 Å². The third kappa shape index (κ3) is 1.23. The molecule has 1 rings (SSSR count). The molecule has 0 aromatic heterocycles. The lowest BCUT2D eigenvalue weighted by atomic mass is 9.96. The van der Waals surface area contributed by atoms with Crippen LogP contribution in [0, 0.1) is 5.41 Å². The SMILES string of the molecule is CC1=C(I)C(C)(C)CO1. The molecule has 9 heavy (non-hydrogen) atoms. The summed E-state index contributed by atoms with van der Waals surface area (Å²) in [5.41, 5.74) is 0.268. The molecule has 0 saturated heterocycles. The predicted octanol–water partition coefficient (Wildman–Crippen LogP) is 2.71. The van der Waals surface area contributed by atoms with Gasteiger partial charge in [-0.3, -0.25) is 0 Å². The predicted molar refractivity (Wildman–Crippen MR) is 46.5 cm³/mol. The van der Waals surface area contributed by atoms with Gasteiger partial charge in [-0.25, -0.2) is 0 Å². The number of hydrogen-bond acceptors (Lipinski definition) is 1. The zero-order valence-corrected chi connectivity index (χ0v) is 8.15. The molecule has 1 aliphatic rings. The van der Waals surface area contributed by atoms with E-state index in [4.69, 9.17) is 4.74 Å². The quantitative estimate of drug-likeness (QED) is 0.589. The lowest BCUT2D eigenvalue weighted by Gasteiger charge is -2.13. The number of halogens is 1. The Bertz CT molecular complexity index is 158. The van der Waals surface area contributed by atoms with Crippen molar-refractivity contribution < 1.29 is 4.74 Å². The first kappa shape index (κ1) is 7.38. The minimum absolute atomic E-state index is 0.268. The second-order valence-electron chi connectivity index (χ2n) is 3.04. The van der Waals surface area contributed by atoms with Crippen LogP contribution in [0.25, 0.3) is 0 Å². The summed E-state index contributed by atoms with van der Waals surface area (Å²) < 4.78 is 6.71. The summed E-state index contributed by atoms with van der Waals surface area (Å²) in [7, 11) is 0. The van der Waals surface area contributed by atoms with E-state index >= 15 is 0 Å². The van der Waals surface area contributed by atoms with Crippen molar-refractivity contribution in [2.75, 3.05) is 6.61 Å². The molecule has 52 valence electrons. The first-order chi connectivity index (χ1) is 4.04. The largest absolute Gasteiger partial charge is 0.497 e. The summed E-state index contributed by atoms with van der Waals surface area (Å²) in [5, 5.41) is 0. The minimum atomic E-state index is 0.268. The Morgan fingerprint density at radius 3 is 2.22 bits per heavy atom. The molecule has 1 nitrogen and oxygen atoms in total. The highest BCUT2D eigenvalue weighted by atomic mass is 127. The first-order valence-corrected chi connectivity index (χ1v) is 4.11. The molecule has 0 N–H and O–H groups in total. The van der Waals surface area contributed by atoms with Crippen LogP contribution in [0.15, 0.2) is 9.34 Å². The molecule has 1 heterocycles. The van der Waals surface area contributed by atoms with Gasteiger partial charge < -0.3 is 4.74 Å². The van der Waals surface area contributed by atoms with Crippen LogP contribution < -0.4 is 0 Å². The summed E-state index contributed by atoms with van der Waals surface area (Å²) in [5.74, 6) is 1.10. The van der Waals surface area contributed by atoms with Gasteiger partial charge in [-0.15, -0.1) is 0 Å². The highest BCUT2D eigenvalue weighted by molar-refractivity contribution is 14.1. The molecule has 0 saturated carbocycles. The monoisotopic (exact) mass is 238 g/mol. The normalized spacial score (nSPS) is 24.4. The van der Waals surface area contributed by atoms with E-state index in [2.05, 4.69) is 36.4 Å². The third-order valence-corrected chi connectivity index (χ3v) is 3.77. The molecule has 0 bridgehead atoms. The fourth-order valence-electron chi connectivity index (χ4n) is 0.892. The summed E-state index contributed by atoms with van der Waals surface area (Å²) >= 11 is 2.36. The number of allylic oxidation sites excluding steroid dienone is 1. The average molecular weight is 238 g/mol. The van der Waals surface area contributed by atoms with Crippen molar-refractivity contribution in [2.24, 2.45) is 5.41 Å². The van der Waals surface area contributed by atoms with E-state index in [1.807, 2.05) is 6.92 Å². The van der Waals surface area contributed by atoms with Crippen molar-refractivity contribution in [3.63, 3.8) is 0 Å². The lowest BCUT2D eigenvalue weighted by Crippen LogP contribution is -2.11. The minimum Gasteiger partial charge on any atom is -0.497 e. The van der Waals surface area contributed by atoms with Gasteiger partial charge in [0.1, 0.15) is 5.76 Å². The Morgan fingerprint density at radius 1 is 1.56 bits per heavy atom. The van der Waals surface area contributed by atoms with Gasteiger partial charge in [0, 0.05) is 8.99 Å². The molecule has 0 radical (unpaired) electrons. The van der Waals surface area contributed by atoms with Crippen LogP contribution in [0.3, 0.4) is 0 Å². The Kier molecular flexibility index (Phi) is 1.76. The van der Waals surface area contributed by atoms with Crippen LogP contribution in [0.4, 0.5) is 0 Å². The van der Waals surface area contributed by atoms with Gasteiger partial charge in [-0.1, -0.05) is 13.8 Å². The van der Waals surface area contributed by atoms with Crippen LogP contribution >= 0.6 is 22.6 Å². The van der Waals surface area contributed by atoms with Crippen molar-refractivity contribution in [1.82, 2.24) is 0 Å². The van der Waals surface area contributed by atoms with E-state index in [1.165, 1.54) is 3.58 Å². The fourth-order valence-corrected chi connectivity index (χ4v) is 1.20. The molecule has 0 spiro atoms. The highest BCUT2D eigenvalue weighted by Crippen LogP contribution is 2.40. The molecule has 0 aromatic carbocycles. The maximum absolute atomic E-state index is 5.35. The second kappa shape index (κ2) is 2.15. The van der Waals surface area contributed by atoms with Crippen molar-refractivity contribution in [2.45, 2.75) is 20.8 Å². The van der Waals surface area contributed by atoms with E-state index in [9.17, 15) is 0 Å². The number of ether oxygens (including phenoxy) is 1. The Morgan fingerprint density at radius 2 is 2.11 bits per heavy atom. The van der Waals surface area contributed by atoms with Gasteiger partial charge in [0.05, 0.1) is 6.61 Å². The Hall–Kier alpha value is 0.270. The van der Waals surface area contributed by atoms with E-state index < -0.39 is 0 Å². The summed E-state index contributed by atoms with van der Waals surface area (Å²) in [6, 6.07) is 0. The molecule has 2 heteroatoms. The van der Waals surface area contributed by atoms with Crippen molar-refractivity contribution >= 4 is 22.6 Å². The molecular weight excluding hydrogens is 227 g/mol. The van der Waals surface area contributed by atoms with E-state index in [1.54, 1.807) is 0 Å². The summed E-state index contributed by atoms with van der Waals surface area (Å²) in [6.45, 7) is 7.27. The number of rotatable bonds is 0. The van der Waals surface area contributed by atoms with E-state index in [0.717, 1.165) is 12.4 Å². The van der Waals surface area contributed by atoms with Crippen LogP contribution in [0.1, 0.15) is 20.8 Å². The average Bonchev–Trinajstić information content (AvgIpc) is 1.97. The molecule has 0 aromatic rings. The summed E-state index contributed by atoms with van der Waals surface area (Å²) in [4.78, 5) is 0. The fraction of sp³-hybridized carbons (Fsp3) is 0.714. The van der Waals surface area contributed by atoms with Crippen molar-refractivity contribution in [1.29, 1.82) is 0 Å². The zero-order valence-electron chi connectivity index (χ0n) is 5.99. The van der Waals surface area contributed by atoms with Crippen LogP contribution in [0.5, 0.6) is 0 Å². The first-order valence-electron chi connectivity index (χ1n) is 3.04. The Balaban J connectivity index is 2.88. The van der Waals surface area contributed by atoms with Gasteiger partial charge in [-0.2, -0.15) is 0 Å². The molecule has 0 aliphatic carbocycles. The van der Waals surface area contributed by atoms with Gasteiger partial charge in [0.25, 0.3) is 0 Å². The van der Waals surface area contributed by atoms with Gasteiger partial charge in [0.15, 0.2) is 0 Å². The third-order valence-electron chi connectivity index (χ3n) is 1.55. The number of hydrogen-bond donors (Lipinski definition) is 0. The molecule has 0 fully saturated rings. The van der Waals surface area contributed by atoms with E-state index in [0.29, 0.717) is 0 Å². The zero-order chi connectivity index (χ0) is 7.07. The molecule has 0 amide bonds. The smallest absolute Gasteiger partial charge is 0.103 e. The standard InChI is InChI=1S/C7H11IO/c1-5-6(8)7(2,3)4-9-5/h4H2,1-3H3. The maximum atomic E-state index is 5.35. The Labute approximate surface area is 69.6 Å². The highest BCUT2D eigenvalue weighted by Gasteiger charge is 2.30. The maximum Gasteiger partial charge on any atom is 0.103 e. The second-order valence-corrected chi connectivity index (χ2v) is 4.12. The molecule has 1 aliphatic heterocycles. The molecule has 0 atom stereocenters. The molecular formula is C7H11IO. The summed E-state index contributed by atoms with van der Waals surface area (Å²) in [6.07, 6.45) is 0. The van der Waals surface area contributed by atoms with Crippen LogP contribution in [0.2, 0.25) is 0 Å². The topological polar surface area (TPSA) is 9.23 Å². The lowest BCUT2D eigenvalue weighted by molar-refractivity contribution is 0.187. The van der Waals surface area contributed by atoms with E-state index in [-0.39, 0.29) is 5.41 Å². The van der Waals surface area contributed by atoms with Crippen molar-refractivity contribution in [3.05, 3.63) is 9.34 Å². The van der Waals surface area contributed by atoms with Crippen LogP contribution in [-0.4, -0.2) is 6.61 Å². The van der Waals surface area contributed by atoms with Crippen LogP contribution in [-0.2, 0) is 4.74 Å². The van der Waals surface area contributed by atoms with Gasteiger partial charge >= 0.3 is 0 Å². The molecule has 0 unspecified atom stereocenters. The van der Waals surface area contributed by atoms with Gasteiger partial charge in [0.2, 0.25) is 0 Å². The van der Waals surface area contributed by atoms with Gasteiger partial charge in [-0.05, 0) is 29.5 Å².